The van der Waals surface area contributed by atoms with Crippen LogP contribution < -0.4 is 10.1 Å². The van der Waals surface area contributed by atoms with E-state index in [9.17, 15) is 13.2 Å². The van der Waals surface area contributed by atoms with Crippen molar-refractivity contribution in [2.24, 2.45) is 0 Å². The summed E-state index contributed by atoms with van der Waals surface area (Å²) in [7, 11) is -0.267. The van der Waals surface area contributed by atoms with E-state index >= 15 is 0 Å². The highest BCUT2D eigenvalue weighted by Crippen LogP contribution is 2.34. The van der Waals surface area contributed by atoms with E-state index in [0.717, 1.165) is 38.5 Å². The number of rotatable bonds is 7. The fraction of sp³-hybridized carbons (Fsp3) is 0.480. The minimum absolute atomic E-state index is 0.0965. The van der Waals surface area contributed by atoms with Crippen molar-refractivity contribution in [3.05, 3.63) is 53.6 Å². The normalized spacial score (nSPS) is 19.2. The monoisotopic (exact) mass is 471 g/mol. The van der Waals surface area contributed by atoms with Crippen LogP contribution in [0, 0.1) is 0 Å². The lowest BCUT2D eigenvalue weighted by atomic mass is 9.87. The molecule has 1 heterocycles. The molecule has 0 aromatic heterocycles. The van der Waals surface area contributed by atoms with Crippen molar-refractivity contribution in [1.29, 1.82) is 0 Å². The van der Waals surface area contributed by atoms with Gasteiger partial charge in [0, 0.05) is 24.8 Å². The van der Waals surface area contributed by atoms with Gasteiger partial charge in [-0.15, -0.1) is 0 Å². The van der Waals surface area contributed by atoms with Gasteiger partial charge in [0.2, 0.25) is 15.9 Å². The smallest absolute Gasteiger partial charge is 0.246 e. The molecule has 7 nitrogen and oxygen atoms in total. The number of piperidine rings is 1. The number of carbonyl (C=O) groups is 1. The van der Waals surface area contributed by atoms with Crippen LogP contribution in [0.15, 0.2) is 47.4 Å². The van der Waals surface area contributed by atoms with Crippen molar-refractivity contribution >= 4 is 21.6 Å². The predicted octanol–water partition coefficient (Wildman–Crippen LogP) is 3.82. The van der Waals surface area contributed by atoms with Crippen LogP contribution in [-0.4, -0.2) is 57.3 Å². The number of methoxy groups -OCH3 is 1. The van der Waals surface area contributed by atoms with Gasteiger partial charge in [-0.1, -0.05) is 30.7 Å². The first-order valence-corrected chi connectivity index (χ1v) is 13.1. The molecule has 0 unspecified atom stereocenters. The number of anilines is 1. The molecular formula is C25H33N3O4S. The largest absolute Gasteiger partial charge is 0.495 e. The summed E-state index contributed by atoms with van der Waals surface area (Å²) in [6.45, 7) is 1.24. The lowest BCUT2D eigenvalue weighted by Gasteiger charge is -2.32. The van der Waals surface area contributed by atoms with Gasteiger partial charge < -0.3 is 10.1 Å². The molecule has 1 saturated heterocycles. The van der Waals surface area contributed by atoms with Crippen molar-refractivity contribution in [3.63, 3.8) is 0 Å². The van der Waals surface area contributed by atoms with Gasteiger partial charge in [-0.3, -0.25) is 9.69 Å². The first kappa shape index (κ1) is 23.7. The molecule has 33 heavy (non-hydrogen) atoms. The maximum atomic E-state index is 13.2. The molecule has 2 aromatic rings. The number of fused-ring (bicyclic) bond motifs is 1. The minimum atomic E-state index is -3.69. The van der Waals surface area contributed by atoms with Crippen LogP contribution >= 0.6 is 0 Å². The van der Waals surface area contributed by atoms with E-state index in [-0.39, 0.29) is 29.1 Å². The van der Waals surface area contributed by atoms with Gasteiger partial charge in [0.1, 0.15) is 10.6 Å². The number of carbonyl (C=O) groups excluding carboxylic acids is 1. The van der Waals surface area contributed by atoms with Crippen molar-refractivity contribution in [3.8, 4) is 5.75 Å². The van der Waals surface area contributed by atoms with Crippen LogP contribution in [0.4, 0.5) is 5.69 Å². The summed E-state index contributed by atoms with van der Waals surface area (Å²) < 4.78 is 33.3. The number of nitrogens with one attached hydrogen (secondary N) is 1. The first-order valence-electron chi connectivity index (χ1n) is 11.7. The Morgan fingerprint density at radius 3 is 2.64 bits per heavy atom. The zero-order valence-electron chi connectivity index (χ0n) is 19.4. The first-order chi connectivity index (χ1) is 15.9. The lowest BCUT2D eigenvalue weighted by Crippen LogP contribution is -2.36. The van der Waals surface area contributed by atoms with Crippen LogP contribution in [0.25, 0.3) is 0 Å². The standard InChI is InChI=1S/C25H33N3O4S/c1-27(22-12-8-10-19-9-4-5-11-21(19)22)18-25(29)26-20-13-14-23(32-2)24(17-20)33(30,31)28-15-6-3-7-16-28/h4-5,9,11,13-14,17,22H,3,6-8,10,12,15-16,18H2,1-2H3,(H,26,29)/t22-/m1/s1. The van der Waals surface area contributed by atoms with Crippen molar-refractivity contribution in [2.45, 2.75) is 49.5 Å². The molecule has 1 N–H and O–H groups in total. The Morgan fingerprint density at radius 1 is 1.12 bits per heavy atom. The molecule has 1 amide bonds. The van der Waals surface area contributed by atoms with Crippen LogP contribution in [0.3, 0.4) is 0 Å². The molecule has 1 aliphatic carbocycles. The summed E-state index contributed by atoms with van der Waals surface area (Å²) in [4.78, 5) is 15.0. The topological polar surface area (TPSA) is 79.0 Å². The summed E-state index contributed by atoms with van der Waals surface area (Å²) in [5.41, 5.74) is 3.09. The Balaban J connectivity index is 1.48. The van der Waals surface area contributed by atoms with E-state index in [1.54, 1.807) is 12.1 Å². The Kier molecular flexibility index (Phi) is 7.36. The molecule has 0 bridgehead atoms. The highest BCUT2D eigenvalue weighted by atomic mass is 32.2. The summed E-state index contributed by atoms with van der Waals surface area (Å²) in [5, 5.41) is 2.88. The number of benzene rings is 2. The van der Waals surface area contributed by atoms with Crippen molar-refractivity contribution in [1.82, 2.24) is 9.21 Å². The summed E-state index contributed by atoms with van der Waals surface area (Å²) in [6, 6.07) is 13.4. The Hall–Kier alpha value is -2.42. The molecule has 1 atom stereocenters. The summed E-state index contributed by atoms with van der Waals surface area (Å²) in [5.74, 6) is 0.113. The maximum Gasteiger partial charge on any atom is 0.246 e. The fourth-order valence-corrected chi connectivity index (χ4v) is 6.62. The van der Waals surface area contributed by atoms with E-state index in [4.69, 9.17) is 4.74 Å². The third-order valence-corrected chi connectivity index (χ3v) is 8.56. The third-order valence-electron chi connectivity index (χ3n) is 6.64. The Labute approximate surface area is 196 Å². The molecule has 0 spiro atoms. The van der Waals surface area contributed by atoms with Gasteiger partial charge in [0.15, 0.2) is 0 Å². The SMILES string of the molecule is COc1ccc(NC(=O)CN(C)[C@@H]2CCCc3ccccc32)cc1S(=O)(=O)N1CCCCC1. The molecule has 2 aromatic carbocycles. The Morgan fingerprint density at radius 2 is 1.88 bits per heavy atom. The van der Waals surface area contributed by atoms with Gasteiger partial charge >= 0.3 is 0 Å². The van der Waals surface area contributed by atoms with E-state index in [1.807, 2.05) is 13.1 Å². The lowest BCUT2D eigenvalue weighted by molar-refractivity contribution is -0.117. The third kappa shape index (κ3) is 5.23. The highest BCUT2D eigenvalue weighted by Gasteiger charge is 2.30. The number of ether oxygens (including phenoxy) is 1. The summed E-state index contributed by atoms with van der Waals surface area (Å²) >= 11 is 0. The van der Waals surface area contributed by atoms with Crippen LogP contribution in [0.5, 0.6) is 5.75 Å². The van der Waals surface area contributed by atoms with E-state index in [2.05, 4.69) is 28.4 Å². The van der Waals surface area contributed by atoms with Crippen LogP contribution in [0.1, 0.15) is 49.3 Å². The summed E-state index contributed by atoms with van der Waals surface area (Å²) in [6.07, 6.45) is 5.94. The van der Waals surface area contributed by atoms with E-state index in [1.165, 1.54) is 28.6 Å². The number of sulfonamides is 1. The second-order valence-electron chi connectivity index (χ2n) is 8.90. The quantitative estimate of drug-likeness (QED) is 0.664. The number of nitrogens with zero attached hydrogens (tertiary/aromatic N) is 2. The molecule has 1 aliphatic heterocycles. The van der Waals surface area contributed by atoms with Crippen LogP contribution in [-0.2, 0) is 21.2 Å². The van der Waals surface area contributed by atoms with E-state index in [0.29, 0.717) is 18.8 Å². The maximum absolute atomic E-state index is 13.2. The number of aryl methyl sites for hydroxylation is 1. The predicted molar refractivity (Wildman–Crippen MR) is 129 cm³/mol. The number of likely N-dealkylation sites (N-methyl/N-ethyl adjacent to an activating group) is 1. The molecule has 1 fully saturated rings. The average Bonchev–Trinajstić information content (AvgIpc) is 2.84. The zero-order chi connectivity index (χ0) is 23.4. The second kappa shape index (κ2) is 10.2. The minimum Gasteiger partial charge on any atom is -0.495 e. The molecule has 8 heteroatoms. The average molecular weight is 472 g/mol. The van der Waals surface area contributed by atoms with E-state index < -0.39 is 10.0 Å². The zero-order valence-corrected chi connectivity index (χ0v) is 20.2. The van der Waals surface area contributed by atoms with Crippen molar-refractivity contribution in [2.75, 3.05) is 39.1 Å². The van der Waals surface area contributed by atoms with Gasteiger partial charge in [0.05, 0.1) is 13.7 Å². The molecule has 2 aliphatic rings. The molecular weight excluding hydrogens is 438 g/mol. The highest BCUT2D eigenvalue weighted by molar-refractivity contribution is 7.89. The van der Waals surface area contributed by atoms with Gasteiger partial charge in [-0.05, 0) is 68.5 Å². The molecule has 178 valence electrons. The van der Waals surface area contributed by atoms with Crippen molar-refractivity contribution < 1.29 is 17.9 Å². The molecule has 0 saturated carbocycles. The molecule has 0 radical (unpaired) electrons. The van der Waals surface area contributed by atoms with Gasteiger partial charge in [-0.2, -0.15) is 4.31 Å². The van der Waals surface area contributed by atoms with Gasteiger partial charge in [-0.25, -0.2) is 8.42 Å². The fourth-order valence-electron chi connectivity index (χ4n) is 4.92. The Bertz CT molecular complexity index is 1100. The number of amides is 1. The molecule has 4 rings (SSSR count). The number of hydrogen-bond donors (Lipinski definition) is 1. The number of hydrogen-bond acceptors (Lipinski definition) is 5. The second-order valence-corrected chi connectivity index (χ2v) is 10.8. The van der Waals surface area contributed by atoms with Crippen LogP contribution in [0.2, 0.25) is 0 Å². The van der Waals surface area contributed by atoms with Gasteiger partial charge in [0.25, 0.3) is 0 Å².